The second-order valence-electron chi connectivity index (χ2n) is 4.65. The van der Waals surface area contributed by atoms with E-state index in [2.05, 4.69) is 4.99 Å². The molecule has 0 unspecified atom stereocenters. The lowest BCUT2D eigenvalue weighted by Gasteiger charge is -2.16. The number of hydrogen-bond acceptors (Lipinski definition) is 3. The molecule has 0 aliphatic rings. The molecule has 0 radical (unpaired) electrons. The molecule has 0 amide bonds. The number of aryl methyl sites for hydroxylation is 1. The van der Waals surface area contributed by atoms with Gasteiger partial charge in [-0.05, 0) is 54.8 Å². The fraction of sp³-hybridized carbons (Fsp3) is 0.125. The van der Waals surface area contributed by atoms with Crippen LogP contribution in [0.5, 0.6) is 5.75 Å². The van der Waals surface area contributed by atoms with Gasteiger partial charge in [0, 0.05) is 11.2 Å². The maximum atomic E-state index is 12.0. The summed E-state index contributed by atoms with van der Waals surface area (Å²) in [4.78, 5) is 14.9. The minimum absolute atomic E-state index is 0.139. The second-order valence-corrected chi connectivity index (χ2v) is 5.03. The highest BCUT2D eigenvalue weighted by atomic mass is 35.5. The molecule has 0 saturated heterocycles. The van der Waals surface area contributed by atoms with Crippen LogP contribution < -0.4 is 5.11 Å². The van der Waals surface area contributed by atoms with E-state index in [0.29, 0.717) is 21.8 Å². The zero-order valence-corrected chi connectivity index (χ0v) is 12.3. The zero-order valence-electron chi connectivity index (χ0n) is 11.6. The van der Waals surface area contributed by atoms with E-state index in [1.165, 1.54) is 24.4 Å². The van der Waals surface area contributed by atoms with Crippen LogP contribution in [-0.4, -0.2) is 17.3 Å². The molecule has 0 aliphatic heterocycles. The van der Waals surface area contributed by atoms with Crippen LogP contribution in [-0.2, 0) is 0 Å². The first-order valence-corrected chi connectivity index (χ1v) is 6.62. The molecular weight excluding hydrogens is 290 g/mol. The van der Waals surface area contributed by atoms with Gasteiger partial charge in [0.05, 0.1) is 11.3 Å². The zero-order chi connectivity index (χ0) is 15.6. The third-order valence-corrected chi connectivity index (χ3v) is 3.73. The number of aliphatic imine (C=N–C) groups is 1. The Morgan fingerprint density at radius 2 is 1.90 bits per heavy atom. The van der Waals surface area contributed by atoms with Crippen LogP contribution in [0.3, 0.4) is 0 Å². The number of benzene rings is 2. The van der Waals surface area contributed by atoms with Crippen molar-refractivity contribution in [1.29, 1.82) is 0 Å². The number of rotatable bonds is 3. The second kappa shape index (κ2) is 5.97. The van der Waals surface area contributed by atoms with E-state index >= 15 is 0 Å². The molecule has 0 bridgehead atoms. The van der Waals surface area contributed by atoms with Gasteiger partial charge >= 0.3 is 5.97 Å². The Balaban J connectivity index is 2.33. The average Bonchev–Trinajstić information content (AvgIpc) is 2.45. The van der Waals surface area contributed by atoms with Crippen LogP contribution in [0.1, 0.15) is 27.0 Å². The Hall–Kier alpha value is -2.33. The van der Waals surface area contributed by atoms with E-state index in [0.717, 1.165) is 5.56 Å². The van der Waals surface area contributed by atoms with Crippen LogP contribution in [0.4, 0.5) is 5.69 Å². The summed E-state index contributed by atoms with van der Waals surface area (Å²) in [5.41, 5.74) is 2.62. The maximum absolute atomic E-state index is 12.0. The first-order valence-electron chi connectivity index (χ1n) is 6.24. The monoisotopic (exact) mass is 302 g/mol. The van der Waals surface area contributed by atoms with Gasteiger partial charge in [-0.25, -0.2) is 4.79 Å². The van der Waals surface area contributed by atoms with E-state index in [-0.39, 0.29) is 11.3 Å². The highest BCUT2D eigenvalue weighted by molar-refractivity contribution is 6.32. The smallest absolute Gasteiger partial charge is 0.335 e. The number of aromatic carboxylic acids is 1. The first kappa shape index (κ1) is 15.1. The number of hydrogen-bond donors (Lipinski definition) is 1. The third kappa shape index (κ3) is 3.23. The van der Waals surface area contributed by atoms with Gasteiger partial charge in [0.2, 0.25) is 0 Å². The molecule has 0 saturated carbocycles. The Morgan fingerprint density at radius 1 is 1.29 bits per heavy atom. The number of carboxylic acid groups (broad SMARTS) is 1. The van der Waals surface area contributed by atoms with Gasteiger partial charge in [-0.2, -0.15) is 0 Å². The van der Waals surface area contributed by atoms with Gasteiger partial charge in [-0.15, -0.1) is 0 Å². The van der Waals surface area contributed by atoms with Crippen LogP contribution in [0, 0.1) is 13.8 Å². The summed E-state index contributed by atoms with van der Waals surface area (Å²) in [5, 5.41) is 21.3. The Labute approximate surface area is 127 Å². The molecule has 0 spiro atoms. The molecule has 1 N–H and O–H groups in total. The van der Waals surface area contributed by atoms with Gasteiger partial charge < -0.3 is 10.2 Å². The molecule has 0 atom stereocenters. The van der Waals surface area contributed by atoms with E-state index in [9.17, 15) is 9.90 Å². The molecule has 21 heavy (non-hydrogen) atoms. The fourth-order valence-corrected chi connectivity index (χ4v) is 2.08. The highest BCUT2D eigenvalue weighted by Crippen LogP contribution is 2.28. The lowest BCUT2D eigenvalue weighted by atomic mass is 10.0. The molecule has 4 nitrogen and oxygen atoms in total. The topological polar surface area (TPSA) is 72.7 Å². The summed E-state index contributed by atoms with van der Waals surface area (Å²) >= 11 is 6.13. The molecule has 0 heterocycles. The SMILES string of the molecule is Cc1cc([O-])c(C=Nc2ccc(C(=O)O)cc2)c(C)c1Cl. The molecule has 5 heteroatoms. The lowest BCUT2D eigenvalue weighted by molar-refractivity contribution is -0.268. The summed E-state index contributed by atoms with van der Waals surface area (Å²) < 4.78 is 0. The van der Waals surface area contributed by atoms with Crippen molar-refractivity contribution in [2.24, 2.45) is 4.99 Å². The van der Waals surface area contributed by atoms with Crippen LogP contribution >= 0.6 is 11.6 Å². The first-order chi connectivity index (χ1) is 9.90. The normalized spacial score (nSPS) is 11.0. The van der Waals surface area contributed by atoms with Gasteiger partial charge in [-0.1, -0.05) is 23.4 Å². The minimum Gasteiger partial charge on any atom is -0.872 e. The Morgan fingerprint density at radius 3 is 2.48 bits per heavy atom. The van der Waals surface area contributed by atoms with Crippen molar-refractivity contribution in [2.75, 3.05) is 0 Å². The van der Waals surface area contributed by atoms with Crippen LogP contribution in [0.15, 0.2) is 35.3 Å². The predicted octanol–water partition coefficient (Wildman–Crippen LogP) is 3.48. The largest absolute Gasteiger partial charge is 0.872 e. The van der Waals surface area contributed by atoms with Gasteiger partial charge in [0.25, 0.3) is 0 Å². The van der Waals surface area contributed by atoms with E-state index in [1.807, 2.05) is 0 Å². The van der Waals surface area contributed by atoms with Crippen molar-refractivity contribution in [1.82, 2.24) is 0 Å². The highest BCUT2D eigenvalue weighted by Gasteiger charge is 2.05. The van der Waals surface area contributed by atoms with E-state index in [1.54, 1.807) is 26.0 Å². The molecule has 2 aromatic rings. The lowest BCUT2D eigenvalue weighted by Crippen LogP contribution is -2.01. The Bertz CT molecular complexity index is 721. The van der Waals surface area contributed by atoms with Crippen LogP contribution in [0.25, 0.3) is 0 Å². The summed E-state index contributed by atoms with van der Waals surface area (Å²) in [5.74, 6) is -1.13. The van der Waals surface area contributed by atoms with Crippen molar-refractivity contribution < 1.29 is 15.0 Å². The molecule has 0 aromatic heterocycles. The minimum atomic E-state index is -0.992. The van der Waals surface area contributed by atoms with Crippen molar-refractivity contribution in [2.45, 2.75) is 13.8 Å². The van der Waals surface area contributed by atoms with Gasteiger partial charge in [0.1, 0.15) is 0 Å². The number of nitrogens with zero attached hydrogens (tertiary/aromatic N) is 1. The summed E-state index contributed by atoms with van der Waals surface area (Å²) in [6.45, 7) is 3.55. The van der Waals surface area contributed by atoms with Crippen LogP contribution in [0.2, 0.25) is 5.02 Å². The average molecular weight is 303 g/mol. The molecule has 0 aliphatic carbocycles. The summed E-state index contributed by atoms with van der Waals surface area (Å²) in [6.07, 6.45) is 1.46. The molecule has 108 valence electrons. The molecule has 2 rings (SSSR count). The van der Waals surface area contributed by atoms with Crippen molar-refractivity contribution in [3.05, 3.63) is 57.6 Å². The number of carboxylic acids is 1. The van der Waals surface area contributed by atoms with Gasteiger partial charge in [-0.3, -0.25) is 4.99 Å². The standard InChI is InChI=1S/C16H14ClNO3/c1-9-7-14(19)13(10(2)15(9)17)8-18-12-5-3-11(4-6-12)16(20)21/h3-8,19H,1-2H3,(H,20,21)/p-1. The van der Waals surface area contributed by atoms with E-state index < -0.39 is 5.97 Å². The predicted molar refractivity (Wildman–Crippen MR) is 81.0 cm³/mol. The molecule has 2 aromatic carbocycles. The molecular formula is C16H13ClNO3-. The van der Waals surface area contributed by atoms with Crippen molar-refractivity contribution in [3.63, 3.8) is 0 Å². The van der Waals surface area contributed by atoms with Gasteiger partial charge in [0.15, 0.2) is 0 Å². The quantitative estimate of drug-likeness (QED) is 0.882. The number of halogens is 1. The maximum Gasteiger partial charge on any atom is 0.335 e. The summed E-state index contributed by atoms with van der Waals surface area (Å²) in [7, 11) is 0. The number of carbonyl (C=O) groups is 1. The Kier molecular flexibility index (Phi) is 4.29. The van der Waals surface area contributed by atoms with Crippen molar-refractivity contribution in [3.8, 4) is 5.75 Å². The fourth-order valence-electron chi connectivity index (χ4n) is 1.93. The van der Waals surface area contributed by atoms with Crippen molar-refractivity contribution >= 4 is 29.5 Å². The third-order valence-electron chi connectivity index (χ3n) is 3.15. The van der Waals surface area contributed by atoms with E-state index in [4.69, 9.17) is 16.7 Å². The molecule has 0 fully saturated rings. The summed E-state index contributed by atoms with van der Waals surface area (Å²) in [6, 6.07) is 7.56.